The van der Waals surface area contributed by atoms with E-state index in [2.05, 4.69) is 5.32 Å². The van der Waals surface area contributed by atoms with Crippen molar-refractivity contribution < 1.29 is 14.3 Å². The predicted octanol–water partition coefficient (Wildman–Crippen LogP) is 1.59. The highest BCUT2D eigenvalue weighted by atomic mass is 16.5. The lowest BCUT2D eigenvalue weighted by atomic mass is 10.2. The molecular weight excluding hydrogens is 194 g/mol. The zero-order valence-electron chi connectivity index (χ0n) is 9.16. The van der Waals surface area contributed by atoms with Crippen molar-refractivity contribution in [1.82, 2.24) is 0 Å². The van der Waals surface area contributed by atoms with E-state index < -0.39 is 0 Å². The smallest absolute Gasteiger partial charge is 0.250 e. The fourth-order valence-corrected chi connectivity index (χ4v) is 1.27. The Labute approximate surface area is 89.2 Å². The van der Waals surface area contributed by atoms with Crippen LogP contribution in [0.25, 0.3) is 0 Å². The maximum atomic E-state index is 11.2. The molecule has 0 spiro atoms. The molecule has 0 heterocycles. The molecule has 0 radical (unpaired) electrons. The number of ether oxygens (including phenoxy) is 2. The molecule has 0 saturated heterocycles. The van der Waals surface area contributed by atoms with Crippen LogP contribution in [0.3, 0.4) is 0 Å². The monoisotopic (exact) mass is 209 g/mol. The molecular formula is C11H15NO3. The summed E-state index contributed by atoms with van der Waals surface area (Å²) in [7, 11) is 3.08. The SMILES string of the molecule is COCC(=O)Nc1cc(C)cc(OC)c1. The lowest BCUT2D eigenvalue weighted by molar-refractivity contribution is -0.119. The molecule has 0 aliphatic rings. The van der Waals surface area contributed by atoms with Crippen molar-refractivity contribution in [2.75, 3.05) is 26.1 Å². The fraction of sp³-hybridized carbons (Fsp3) is 0.364. The third kappa shape index (κ3) is 3.59. The molecule has 0 fully saturated rings. The molecule has 0 atom stereocenters. The number of carbonyl (C=O) groups excluding carboxylic acids is 1. The van der Waals surface area contributed by atoms with Gasteiger partial charge in [-0.2, -0.15) is 0 Å². The summed E-state index contributed by atoms with van der Waals surface area (Å²) in [4.78, 5) is 11.2. The number of benzene rings is 1. The Hall–Kier alpha value is -1.55. The maximum Gasteiger partial charge on any atom is 0.250 e. The molecule has 4 heteroatoms. The number of amides is 1. The van der Waals surface area contributed by atoms with Gasteiger partial charge in [0.15, 0.2) is 0 Å². The first-order chi connectivity index (χ1) is 7.15. The van der Waals surface area contributed by atoms with E-state index in [1.54, 1.807) is 13.2 Å². The maximum absolute atomic E-state index is 11.2. The summed E-state index contributed by atoms with van der Waals surface area (Å²) in [5, 5.41) is 2.71. The fourth-order valence-electron chi connectivity index (χ4n) is 1.27. The number of hydrogen-bond donors (Lipinski definition) is 1. The van der Waals surface area contributed by atoms with Gasteiger partial charge in [0.2, 0.25) is 5.91 Å². The number of hydrogen-bond acceptors (Lipinski definition) is 3. The van der Waals surface area contributed by atoms with Crippen molar-refractivity contribution in [2.24, 2.45) is 0 Å². The summed E-state index contributed by atoms with van der Waals surface area (Å²) in [6.45, 7) is 1.99. The van der Waals surface area contributed by atoms with Crippen molar-refractivity contribution in [1.29, 1.82) is 0 Å². The van der Waals surface area contributed by atoms with Crippen LogP contribution in [0.2, 0.25) is 0 Å². The third-order valence-corrected chi connectivity index (χ3v) is 1.85. The van der Waals surface area contributed by atoms with E-state index in [1.807, 2.05) is 19.1 Å². The molecule has 1 N–H and O–H groups in total. The zero-order chi connectivity index (χ0) is 11.3. The Bertz CT molecular complexity index is 350. The molecule has 0 aliphatic heterocycles. The minimum Gasteiger partial charge on any atom is -0.497 e. The van der Waals surface area contributed by atoms with Crippen molar-refractivity contribution in [2.45, 2.75) is 6.92 Å². The van der Waals surface area contributed by atoms with Crippen molar-refractivity contribution >= 4 is 11.6 Å². The molecule has 0 aromatic heterocycles. The number of aryl methyl sites for hydroxylation is 1. The molecule has 0 bridgehead atoms. The number of methoxy groups -OCH3 is 2. The molecule has 4 nitrogen and oxygen atoms in total. The van der Waals surface area contributed by atoms with Gasteiger partial charge < -0.3 is 14.8 Å². The highest BCUT2D eigenvalue weighted by molar-refractivity contribution is 5.91. The van der Waals surface area contributed by atoms with Crippen molar-refractivity contribution in [3.63, 3.8) is 0 Å². The standard InChI is InChI=1S/C11H15NO3/c1-8-4-9(6-10(5-8)15-3)12-11(13)7-14-2/h4-6H,7H2,1-3H3,(H,12,13). The third-order valence-electron chi connectivity index (χ3n) is 1.85. The number of rotatable bonds is 4. The predicted molar refractivity (Wildman–Crippen MR) is 58.2 cm³/mol. The average molecular weight is 209 g/mol. The topological polar surface area (TPSA) is 47.6 Å². The van der Waals surface area contributed by atoms with Gasteiger partial charge in [-0.15, -0.1) is 0 Å². The number of carbonyl (C=O) groups is 1. The van der Waals surface area contributed by atoms with E-state index in [0.717, 1.165) is 11.3 Å². The second-order valence-corrected chi connectivity index (χ2v) is 3.22. The van der Waals surface area contributed by atoms with Crippen LogP contribution in [-0.2, 0) is 9.53 Å². The van der Waals surface area contributed by atoms with Crippen molar-refractivity contribution in [3.8, 4) is 5.75 Å². The first-order valence-electron chi connectivity index (χ1n) is 4.60. The molecule has 1 amide bonds. The van der Waals surface area contributed by atoms with Gasteiger partial charge in [0.1, 0.15) is 12.4 Å². The first kappa shape index (κ1) is 11.5. The first-order valence-corrected chi connectivity index (χ1v) is 4.60. The summed E-state index contributed by atoms with van der Waals surface area (Å²) < 4.78 is 9.81. The van der Waals surface area contributed by atoms with Gasteiger partial charge in [-0.3, -0.25) is 4.79 Å². The number of nitrogens with one attached hydrogen (secondary N) is 1. The second kappa shape index (κ2) is 5.36. The van der Waals surface area contributed by atoms with Crippen LogP contribution in [0.5, 0.6) is 5.75 Å². The van der Waals surface area contributed by atoms with Gasteiger partial charge in [-0.05, 0) is 24.6 Å². The Morgan fingerprint density at radius 2 is 2.07 bits per heavy atom. The van der Waals surface area contributed by atoms with Crippen LogP contribution in [0.15, 0.2) is 18.2 Å². The van der Waals surface area contributed by atoms with Gasteiger partial charge in [0, 0.05) is 18.9 Å². The lowest BCUT2D eigenvalue weighted by Crippen LogP contribution is -2.17. The zero-order valence-corrected chi connectivity index (χ0v) is 9.16. The summed E-state index contributed by atoms with van der Waals surface area (Å²) in [6.07, 6.45) is 0. The summed E-state index contributed by atoms with van der Waals surface area (Å²) in [5.74, 6) is 0.549. The minimum atomic E-state index is -0.176. The van der Waals surface area contributed by atoms with Crippen LogP contribution >= 0.6 is 0 Å². The Morgan fingerprint density at radius 3 is 2.67 bits per heavy atom. The normalized spacial score (nSPS) is 9.80. The van der Waals surface area contributed by atoms with Gasteiger partial charge in [0.25, 0.3) is 0 Å². The van der Waals surface area contributed by atoms with Crippen molar-refractivity contribution in [3.05, 3.63) is 23.8 Å². The molecule has 0 unspecified atom stereocenters. The molecule has 1 aromatic rings. The highest BCUT2D eigenvalue weighted by Crippen LogP contribution is 2.19. The molecule has 15 heavy (non-hydrogen) atoms. The summed E-state index contributed by atoms with van der Waals surface area (Å²) in [6, 6.07) is 5.53. The Balaban J connectivity index is 2.76. The van der Waals surface area contributed by atoms with Gasteiger partial charge in [0.05, 0.1) is 7.11 Å². The highest BCUT2D eigenvalue weighted by Gasteiger charge is 2.03. The van der Waals surface area contributed by atoms with Gasteiger partial charge in [-0.25, -0.2) is 0 Å². The number of anilines is 1. The average Bonchev–Trinajstić information content (AvgIpc) is 2.17. The van der Waals surface area contributed by atoms with E-state index in [4.69, 9.17) is 9.47 Å². The Kier molecular flexibility index (Phi) is 4.12. The molecule has 0 aliphatic carbocycles. The van der Waals surface area contributed by atoms with Gasteiger partial charge in [-0.1, -0.05) is 0 Å². The van der Waals surface area contributed by atoms with Crippen LogP contribution in [0, 0.1) is 6.92 Å². The molecule has 1 rings (SSSR count). The van der Waals surface area contributed by atoms with E-state index in [1.165, 1.54) is 7.11 Å². The summed E-state index contributed by atoms with van der Waals surface area (Å²) >= 11 is 0. The van der Waals surface area contributed by atoms with Crippen LogP contribution in [0.1, 0.15) is 5.56 Å². The second-order valence-electron chi connectivity index (χ2n) is 3.22. The van der Waals surface area contributed by atoms with E-state index >= 15 is 0 Å². The largest absolute Gasteiger partial charge is 0.497 e. The molecule has 0 saturated carbocycles. The van der Waals surface area contributed by atoms with E-state index in [-0.39, 0.29) is 12.5 Å². The van der Waals surface area contributed by atoms with Gasteiger partial charge >= 0.3 is 0 Å². The molecule has 82 valence electrons. The van der Waals surface area contributed by atoms with E-state index in [0.29, 0.717) is 5.69 Å². The lowest BCUT2D eigenvalue weighted by Gasteiger charge is -2.08. The summed E-state index contributed by atoms with van der Waals surface area (Å²) in [5.41, 5.74) is 1.75. The van der Waals surface area contributed by atoms with E-state index in [9.17, 15) is 4.79 Å². The van der Waals surface area contributed by atoms with Crippen LogP contribution in [0.4, 0.5) is 5.69 Å². The minimum absolute atomic E-state index is 0.0518. The molecule has 1 aromatic carbocycles. The van der Waals surface area contributed by atoms with Crippen LogP contribution in [-0.4, -0.2) is 26.7 Å². The van der Waals surface area contributed by atoms with Crippen LogP contribution < -0.4 is 10.1 Å². The Morgan fingerprint density at radius 1 is 1.33 bits per heavy atom. The quantitative estimate of drug-likeness (QED) is 0.819.